The highest BCUT2D eigenvalue weighted by Gasteiger charge is 2.39. The van der Waals surface area contributed by atoms with Gasteiger partial charge in [0.05, 0.1) is 7.11 Å². The maximum absolute atomic E-state index is 12.4. The van der Waals surface area contributed by atoms with Gasteiger partial charge in [0.1, 0.15) is 6.04 Å². The molecular formula is C15H15NO5. The van der Waals surface area contributed by atoms with Gasteiger partial charge in [-0.25, -0.2) is 4.79 Å². The van der Waals surface area contributed by atoms with E-state index in [4.69, 9.17) is 0 Å². The molecule has 0 aromatic heterocycles. The second-order valence-corrected chi connectivity index (χ2v) is 4.64. The normalized spacial score (nSPS) is 14.8. The summed E-state index contributed by atoms with van der Waals surface area (Å²) in [5.74, 6) is -2.11. The van der Waals surface area contributed by atoms with Gasteiger partial charge in [-0.15, -0.1) is 0 Å². The third-order valence-electron chi connectivity index (χ3n) is 3.42. The number of hydrogen-bond donors (Lipinski definition) is 1. The fourth-order valence-electron chi connectivity index (χ4n) is 2.35. The number of hydrogen-bond acceptors (Lipinski definition) is 4. The van der Waals surface area contributed by atoms with Crippen LogP contribution in [0.1, 0.15) is 28.8 Å². The smallest absolute Gasteiger partial charge is 0.326 e. The Morgan fingerprint density at radius 2 is 1.95 bits per heavy atom. The molecule has 1 aromatic carbocycles. The molecule has 2 rings (SSSR count). The molecule has 6 heteroatoms. The molecule has 0 spiro atoms. The molecule has 1 N–H and O–H groups in total. The number of methoxy groups -OCH3 is 1. The fourth-order valence-corrected chi connectivity index (χ4v) is 2.35. The van der Waals surface area contributed by atoms with E-state index >= 15 is 0 Å². The van der Waals surface area contributed by atoms with Crippen LogP contribution in [0.15, 0.2) is 30.8 Å². The number of aliphatic carboxylic acids is 1. The van der Waals surface area contributed by atoms with E-state index in [9.17, 15) is 19.5 Å². The highest BCUT2D eigenvalue weighted by molar-refractivity contribution is 6.10. The molecule has 1 heterocycles. The van der Waals surface area contributed by atoms with Crippen LogP contribution in [0, 0.1) is 0 Å². The number of nitrogens with zero attached hydrogens (tertiary/aromatic N) is 1. The van der Waals surface area contributed by atoms with Crippen molar-refractivity contribution < 1.29 is 24.2 Å². The number of fused-ring (bicyclic) bond motifs is 1. The lowest BCUT2D eigenvalue weighted by Crippen LogP contribution is -2.41. The molecule has 1 unspecified atom stereocenters. The number of benzene rings is 1. The predicted molar refractivity (Wildman–Crippen MR) is 74.3 cm³/mol. The Morgan fingerprint density at radius 1 is 1.33 bits per heavy atom. The summed E-state index contributed by atoms with van der Waals surface area (Å²) < 4.78 is 4.50. The van der Waals surface area contributed by atoms with Crippen LogP contribution in [-0.2, 0) is 14.3 Å². The van der Waals surface area contributed by atoms with E-state index in [2.05, 4.69) is 11.3 Å². The van der Waals surface area contributed by atoms with Crippen LogP contribution in [0.3, 0.4) is 0 Å². The first-order valence-electron chi connectivity index (χ1n) is 6.39. The molecule has 6 nitrogen and oxygen atoms in total. The SMILES string of the molecule is C=C1c2ccccc2C(=O)N1C(CCC(=O)OC)C(=O)O. The first kappa shape index (κ1) is 14.8. The van der Waals surface area contributed by atoms with Crippen molar-refractivity contribution in [1.82, 2.24) is 4.90 Å². The van der Waals surface area contributed by atoms with Crippen LogP contribution >= 0.6 is 0 Å². The number of carboxylic acid groups (broad SMARTS) is 1. The average Bonchev–Trinajstić information content (AvgIpc) is 2.72. The van der Waals surface area contributed by atoms with Gasteiger partial charge in [0.25, 0.3) is 5.91 Å². The van der Waals surface area contributed by atoms with Gasteiger partial charge in [-0.3, -0.25) is 14.5 Å². The molecule has 1 atom stereocenters. The zero-order valence-electron chi connectivity index (χ0n) is 11.5. The largest absolute Gasteiger partial charge is 0.480 e. The van der Waals surface area contributed by atoms with Crippen molar-refractivity contribution in [3.05, 3.63) is 42.0 Å². The Labute approximate surface area is 121 Å². The molecule has 1 amide bonds. The third kappa shape index (κ3) is 2.65. The van der Waals surface area contributed by atoms with Crippen molar-refractivity contribution in [1.29, 1.82) is 0 Å². The Bertz CT molecular complexity index is 587. The first-order chi connectivity index (χ1) is 9.97. The number of esters is 1. The Balaban J connectivity index is 2.27. The summed E-state index contributed by atoms with van der Waals surface area (Å²) in [4.78, 5) is 36.1. The van der Waals surface area contributed by atoms with Crippen LogP contribution in [0.2, 0.25) is 0 Å². The fraction of sp³-hybridized carbons (Fsp3) is 0.267. The molecule has 0 fully saturated rings. The van der Waals surface area contributed by atoms with E-state index in [0.29, 0.717) is 16.8 Å². The molecule has 0 bridgehead atoms. The minimum atomic E-state index is -1.18. The zero-order valence-corrected chi connectivity index (χ0v) is 11.5. The molecule has 1 aliphatic heterocycles. The zero-order chi connectivity index (χ0) is 15.6. The average molecular weight is 289 g/mol. The van der Waals surface area contributed by atoms with Gasteiger partial charge in [-0.05, 0) is 12.5 Å². The number of carbonyl (C=O) groups is 3. The van der Waals surface area contributed by atoms with E-state index in [-0.39, 0.29) is 12.8 Å². The van der Waals surface area contributed by atoms with Crippen LogP contribution in [0.25, 0.3) is 5.70 Å². The van der Waals surface area contributed by atoms with Crippen molar-refractivity contribution in [2.45, 2.75) is 18.9 Å². The number of ether oxygens (including phenoxy) is 1. The van der Waals surface area contributed by atoms with Crippen LogP contribution < -0.4 is 0 Å². The molecule has 0 saturated carbocycles. The predicted octanol–water partition coefficient (Wildman–Crippen LogP) is 1.52. The van der Waals surface area contributed by atoms with Gasteiger partial charge in [-0.1, -0.05) is 24.8 Å². The molecule has 1 aromatic rings. The third-order valence-corrected chi connectivity index (χ3v) is 3.42. The van der Waals surface area contributed by atoms with Gasteiger partial charge < -0.3 is 9.84 Å². The molecular weight excluding hydrogens is 274 g/mol. The highest BCUT2D eigenvalue weighted by atomic mass is 16.5. The summed E-state index contributed by atoms with van der Waals surface area (Å²) in [5.41, 5.74) is 1.38. The number of amides is 1. The summed E-state index contributed by atoms with van der Waals surface area (Å²) in [6.45, 7) is 3.80. The summed E-state index contributed by atoms with van der Waals surface area (Å²) >= 11 is 0. The lowest BCUT2D eigenvalue weighted by Gasteiger charge is -2.25. The highest BCUT2D eigenvalue weighted by Crippen LogP contribution is 2.34. The van der Waals surface area contributed by atoms with Crippen LogP contribution in [0.4, 0.5) is 0 Å². The van der Waals surface area contributed by atoms with Gasteiger partial charge >= 0.3 is 11.9 Å². The van der Waals surface area contributed by atoms with E-state index in [1.165, 1.54) is 7.11 Å². The Morgan fingerprint density at radius 3 is 2.48 bits per heavy atom. The summed E-state index contributed by atoms with van der Waals surface area (Å²) in [6, 6.07) is 5.66. The van der Waals surface area contributed by atoms with Crippen molar-refractivity contribution in [3.8, 4) is 0 Å². The monoisotopic (exact) mass is 289 g/mol. The maximum Gasteiger partial charge on any atom is 0.326 e. The van der Waals surface area contributed by atoms with Crippen molar-refractivity contribution in [2.24, 2.45) is 0 Å². The summed E-state index contributed by atoms with van der Waals surface area (Å²) in [7, 11) is 1.23. The van der Waals surface area contributed by atoms with Gasteiger partial charge in [0.15, 0.2) is 0 Å². The van der Waals surface area contributed by atoms with Crippen molar-refractivity contribution in [2.75, 3.05) is 7.11 Å². The van der Waals surface area contributed by atoms with Gasteiger partial charge in [0, 0.05) is 23.2 Å². The maximum atomic E-state index is 12.4. The number of carboxylic acids is 1. The molecule has 0 saturated heterocycles. The van der Waals surface area contributed by atoms with E-state index in [1.54, 1.807) is 24.3 Å². The standard InChI is InChI=1S/C15H15NO5/c1-9-10-5-3-4-6-11(10)14(18)16(9)12(15(19)20)7-8-13(17)21-2/h3-6,12H,1,7-8H2,2H3,(H,19,20). The topological polar surface area (TPSA) is 83.9 Å². The van der Waals surface area contributed by atoms with Crippen LogP contribution in [-0.4, -0.2) is 41.0 Å². The Kier molecular flexibility index (Phi) is 4.07. The van der Waals surface area contributed by atoms with Crippen LogP contribution in [0.5, 0.6) is 0 Å². The van der Waals surface area contributed by atoms with E-state index < -0.39 is 23.9 Å². The molecule has 0 radical (unpaired) electrons. The molecule has 0 aliphatic carbocycles. The summed E-state index contributed by atoms with van der Waals surface area (Å²) in [5, 5.41) is 9.35. The van der Waals surface area contributed by atoms with E-state index in [1.807, 2.05) is 0 Å². The molecule has 21 heavy (non-hydrogen) atoms. The lowest BCUT2D eigenvalue weighted by molar-refractivity contribution is -0.143. The van der Waals surface area contributed by atoms with Crippen molar-refractivity contribution in [3.63, 3.8) is 0 Å². The van der Waals surface area contributed by atoms with E-state index in [0.717, 1.165) is 4.90 Å². The van der Waals surface area contributed by atoms with Gasteiger partial charge in [-0.2, -0.15) is 0 Å². The number of rotatable bonds is 5. The minimum Gasteiger partial charge on any atom is -0.480 e. The first-order valence-corrected chi connectivity index (χ1v) is 6.39. The lowest BCUT2D eigenvalue weighted by atomic mass is 10.1. The minimum absolute atomic E-state index is 0.0270. The van der Waals surface area contributed by atoms with Crippen molar-refractivity contribution >= 4 is 23.5 Å². The second-order valence-electron chi connectivity index (χ2n) is 4.64. The molecule has 1 aliphatic rings. The van der Waals surface area contributed by atoms with Gasteiger partial charge in [0.2, 0.25) is 0 Å². The summed E-state index contributed by atoms with van der Waals surface area (Å²) in [6.07, 6.45) is -0.109. The number of carbonyl (C=O) groups excluding carboxylic acids is 2. The second kappa shape index (κ2) is 5.78. The quantitative estimate of drug-likeness (QED) is 0.831. The molecule has 110 valence electrons. The Hall–Kier alpha value is -2.63.